The van der Waals surface area contributed by atoms with Crippen molar-refractivity contribution >= 4 is 16.7 Å². The summed E-state index contributed by atoms with van der Waals surface area (Å²) in [6.07, 6.45) is 2.09. The van der Waals surface area contributed by atoms with Gasteiger partial charge < -0.3 is 4.72 Å². The van der Waals surface area contributed by atoms with Crippen LogP contribution in [0.4, 0.5) is 5.69 Å². The van der Waals surface area contributed by atoms with Crippen LogP contribution in [0.25, 0.3) is 0 Å². The minimum absolute atomic E-state index is 0.728. The van der Waals surface area contributed by atoms with Crippen molar-refractivity contribution in [3.05, 3.63) is 30.3 Å². The summed E-state index contributed by atoms with van der Waals surface area (Å²) >= 11 is 0. The van der Waals surface area contributed by atoms with E-state index in [4.69, 9.17) is 0 Å². The average Bonchev–Trinajstić information content (AvgIpc) is 2.16. The fourth-order valence-electron chi connectivity index (χ4n) is 0.964. The summed E-state index contributed by atoms with van der Waals surface area (Å²) in [6.45, 7) is 2.10. The molecule has 13 heavy (non-hydrogen) atoms. The smallest absolute Gasteiger partial charge is 0.117 e. The van der Waals surface area contributed by atoms with Crippen LogP contribution in [0.5, 0.6) is 0 Å². The van der Waals surface area contributed by atoms with Crippen molar-refractivity contribution in [3.63, 3.8) is 0 Å². The molecule has 1 atom stereocenters. The lowest BCUT2D eigenvalue weighted by atomic mass is 10.3. The molecule has 1 N–H and O–H groups in total. The lowest BCUT2D eigenvalue weighted by Gasteiger charge is -2.04. The molecule has 0 aromatic heterocycles. The molecule has 0 saturated carbocycles. The molecular formula is C10H15NOS. The molecule has 1 unspecified atom stereocenters. The average molecular weight is 197 g/mol. The summed E-state index contributed by atoms with van der Waals surface area (Å²) in [5.41, 5.74) is 0.928. The molecule has 2 nitrogen and oxygen atoms in total. The largest absolute Gasteiger partial charge is 0.305 e. The summed E-state index contributed by atoms with van der Waals surface area (Å²) < 4.78 is 14.3. The quantitative estimate of drug-likeness (QED) is 0.772. The van der Waals surface area contributed by atoms with Crippen molar-refractivity contribution in [2.75, 3.05) is 10.5 Å². The van der Waals surface area contributed by atoms with Gasteiger partial charge in [0.15, 0.2) is 0 Å². The zero-order chi connectivity index (χ0) is 9.52. The van der Waals surface area contributed by atoms with Crippen LogP contribution in [0.3, 0.4) is 0 Å². The van der Waals surface area contributed by atoms with Gasteiger partial charge in [0.1, 0.15) is 11.0 Å². The number of para-hydroxylation sites is 1. The Hall–Kier alpha value is -0.830. The molecule has 0 radical (unpaired) electrons. The Balaban J connectivity index is 2.37. The fourth-order valence-corrected chi connectivity index (χ4v) is 2.02. The van der Waals surface area contributed by atoms with Crippen LogP contribution >= 0.6 is 0 Å². The van der Waals surface area contributed by atoms with Gasteiger partial charge >= 0.3 is 0 Å². The summed E-state index contributed by atoms with van der Waals surface area (Å²) in [5, 5.41) is 0. The van der Waals surface area contributed by atoms with E-state index in [1.165, 1.54) is 0 Å². The van der Waals surface area contributed by atoms with Crippen LogP contribution in [0.15, 0.2) is 30.3 Å². The molecule has 0 fully saturated rings. The zero-order valence-corrected chi connectivity index (χ0v) is 8.64. The van der Waals surface area contributed by atoms with Crippen LogP contribution in [0.2, 0.25) is 0 Å². The summed E-state index contributed by atoms with van der Waals surface area (Å²) in [4.78, 5) is 0. The Morgan fingerprint density at radius 1 is 1.31 bits per heavy atom. The molecule has 0 saturated heterocycles. The molecule has 0 bridgehead atoms. The van der Waals surface area contributed by atoms with Crippen molar-refractivity contribution in [2.24, 2.45) is 0 Å². The standard InChI is InChI=1S/C10H15NOS/c1-2-3-9-13(12)11-10-7-5-4-6-8-10/h4-8,11H,2-3,9H2,1H3. The maximum Gasteiger partial charge on any atom is 0.117 e. The maximum absolute atomic E-state index is 11.4. The number of rotatable bonds is 5. The normalized spacial score (nSPS) is 12.4. The molecule has 3 heteroatoms. The van der Waals surface area contributed by atoms with E-state index >= 15 is 0 Å². The lowest BCUT2D eigenvalue weighted by Crippen LogP contribution is -2.07. The van der Waals surface area contributed by atoms with E-state index < -0.39 is 11.0 Å². The highest BCUT2D eigenvalue weighted by molar-refractivity contribution is 7.86. The predicted molar refractivity (Wildman–Crippen MR) is 58.0 cm³/mol. The fraction of sp³-hybridized carbons (Fsp3) is 0.400. The van der Waals surface area contributed by atoms with Gasteiger partial charge in [-0.25, -0.2) is 4.21 Å². The first-order valence-electron chi connectivity index (χ1n) is 4.53. The van der Waals surface area contributed by atoms with Crippen LogP contribution < -0.4 is 4.72 Å². The third-order valence-corrected chi connectivity index (χ3v) is 2.81. The SMILES string of the molecule is CCCCS(=O)Nc1ccccc1. The highest BCUT2D eigenvalue weighted by Gasteiger charge is 1.97. The monoisotopic (exact) mass is 197 g/mol. The van der Waals surface area contributed by atoms with Gasteiger partial charge in [-0.15, -0.1) is 0 Å². The lowest BCUT2D eigenvalue weighted by molar-refractivity contribution is 0.683. The van der Waals surface area contributed by atoms with Gasteiger partial charge in [0, 0.05) is 11.4 Å². The minimum atomic E-state index is -0.921. The van der Waals surface area contributed by atoms with Crippen molar-refractivity contribution < 1.29 is 4.21 Å². The summed E-state index contributed by atoms with van der Waals surface area (Å²) in [5.74, 6) is 0.728. The van der Waals surface area contributed by atoms with Crippen molar-refractivity contribution in [3.8, 4) is 0 Å². The highest BCUT2D eigenvalue weighted by atomic mass is 32.2. The number of anilines is 1. The van der Waals surface area contributed by atoms with E-state index in [0.29, 0.717) is 0 Å². The summed E-state index contributed by atoms with van der Waals surface area (Å²) in [7, 11) is -0.921. The molecule has 0 aliphatic rings. The van der Waals surface area contributed by atoms with Gasteiger partial charge in [-0.3, -0.25) is 0 Å². The maximum atomic E-state index is 11.4. The second-order valence-electron chi connectivity index (χ2n) is 2.87. The van der Waals surface area contributed by atoms with Gasteiger partial charge in [-0.05, 0) is 18.6 Å². The second kappa shape index (κ2) is 5.75. The zero-order valence-electron chi connectivity index (χ0n) is 7.82. The van der Waals surface area contributed by atoms with Crippen molar-refractivity contribution in [1.29, 1.82) is 0 Å². The molecule has 1 aromatic rings. The first-order valence-corrected chi connectivity index (χ1v) is 5.85. The predicted octanol–water partition coefficient (Wildman–Crippen LogP) is 2.56. The van der Waals surface area contributed by atoms with Gasteiger partial charge in [0.25, 0.3) is 0 Å². The molecule has 0 amide bonds. The Kier molecular flexibility index (Phi) is 4.54. The number of nitrogens with one attached hydrogen (secondary N) is 1. The van der Waals surface area contributed by atoms with E-state index in [1.54, 1.807) is 0 Å². The first kappa shape index (κ1) is 10.3. The van der Waals surface area contributed by atoms with Crippen molar-refractivity contribution in [1.82, 2.24) is 0 Å². The second-order valence-corrected chi connectivity index (χ2v) is 4.17. The number of hydrogen-bond acceptors (Lipinski definition) is 1. The minimum Gasteiger partial charge on any atom is -0.305 e. The Labute approximate surface area is 82.0 Å². The van der Waals surface area contributed by atoms with Crippen molar-refractivity contribution in [2.45, 2.75) is 19.8 Å². The van der Waals surface area contributed by atoms with Crippen LogP contribution in [0.1, 0.15) is 19.8 Å². The summed E-state index contributed by atoms with van der Waals surface area (Å²) in [6, 6.07) is 9.65. The van der Waals surface area contributed by atoms with Gasteiger partial charge in [0.05, 0.1) is 0 Å². The molecular weight excluding hydrogens is 182 g/mol. The number of unbranched alkanes of at least 4 members (excludes halogenated alkanes) is 1. The highest BCUT2D eigenvalue weighted by Crippen LogP contribution is 2.06. The van der Waals surface area contributed by atoms with E-state index in [2.05, 4.69) is 11.6 Å². The molecule has 0 aliphatic carbocycles. The van der Waals surface area contributed by atoms with Crippen LogP contribution in [-0.4, -0.2) is 9.96 Å². The Morgan fingerprint density at radius 3 is 2.62 bits per heavy atom. The van der Waals surface area contributed by atoms with E-state index in [0.717, 1.165) is 24.3 Å². The number of benzene rings is 1. The van der Waals surface area contributed by atoms with E-state index in [-0.39, 0.29) is 0 Å². The molecule has 1 rings (SSSR count). The topological polar surface area (TPSA) is 29.1 Å². The van der Waals surface area contributed by atoms with Crippen LogP contribution in [-0.2, 0) is 11.0 Å². The molecule has 0 heterocycles. The third kappa shape index (κ3) is 4.08. The number of hydrogen-bond donors (Lipinski definition) is 1. The molecule has 0 spiro atoms. The Morgan fingerprint density at radius 2 is 2.00 bits per heavy atom. The van der Waals surface area contributed by atoms with Gasteiger partial charge in [0.2, 0.25) is 0 Å². The van der Waals surface area contributed by atoms with Gasteiger partial charge in [-0.2, -0.15) is 0 Å². The van der Waals surface area contributed by atoms with E-state index in [9.17, 15) is 4.21 Å². The molecule has 72 valence electrons. The Bertz CT molecular complexity index is 261. The van der Waals surface area contributed by atoms with Crippen LogP contribution in [0, 0.1) is 0 Å². The first-order chi connectivity index (χ1) is 6.33. The molecule has 0 aliphatic heterocycles. The third-order valence-electron chi connectivity index (χ3n) is 1.69. The molecule has 1 aromatic carbocycles. The van der Waals surface area contributed by atoms with Gasteiger partial charge in [-0.1, -0.05) is 31.5 Å². The van der Waals surface area contributed by atoms with E-state index in [1.807, 2.05) is 30.3 Å².